The Hall–Kier alpha value is -2.02. The van der Waals surface area contributed by atoms with E-state index >= 15 is 0 Å². The van der Waals surface area contributed by atoms with Crippen LogP contribution in [0.1, 0.15) is 22.0 Å². The Kier molecular flexibility index (Phi) is 2.70. The summed E-state index contributed by atoms with van der Waals surface area (Å²) >= 11 is 0. The van der Waals surface area contributed by atoms with Crippen LogP contribution in [0.4, 0.5) is 0 Å². The lowest BCUT2D eigenvalue weighted by Crippen LogP contribution is -2.51. The molecule has 2 aromatic rings. The number of aromatic nitrogens is 4. The number of aryl methyl sites for hydroxylation is 2. The van der Waals surface area contributed by atoms with Gasteiger partial charge in [0.05, 0.1) is 0 Å². The summed E-state index contributed by atoms with van der Waals surface area (Å²) < 4.78 is 1.57. The van der Waals surface area contributed by atoms with E-state index < -0.39 is 0 Å². The van der Waals surface area contributed by atoms with Crippen LogP contribution >= 0.6 is 0 Å². The summed E-state index contributed by atoms with van der Waals surface area (Å²) in [6.45, 7) is 5.02. The highest BCUT2D eigenvalue weighted by atomic mass is 16.3. The van der Waals surface area contributed by atoms with E-state index in [-0.39, 0.29) is 24.3 Å². The number of fused-ring (bicyclic) bond motifs is 1. The molecule has 1 aliphatic rings. The molecule has 19 heavy (non-hydrogen) atoms. The second-order valence-electron chi connectivity index (χ2n) is 4.94. The van der Waals surface area contributed by atoms with Gasteiger partial charge in [-0.1, -0.05) is 0 Å². The molecule has 1 saturated heterocycles. The van der Waals surface area contributed by atoms with Crippen LogP contribution in [-0.2, 0) is 0 Å². The van der Waals surface area contributed by atoms with Crippen LogP contribution in [0.5, 0.6) is 0 Å². The molecule has 1 amide bonds. The fraction of sp³-hybridized carbons (Fsp3) is 0.500. The molecule has 1 aliphatic heterocycles. The van der Waals surface area contributed by atoms with Crippen LogP contribution in [-0.4, -0.2) is 55.2 Å². The zero-order valence-electron chi connectivity index (χ0n) is 10.9. The number of likely N-dealkylation sites (tertiary alicyclic amines) is 1. The molecule has 3 rings (SSSR count). The van der Waals surface area contributed by atoms with Crippen LogP contribution in [0.3, 0.4) is 0 Å². The Bertz CT molecular complexity index is 645. The Morgan fingerprint density at radius 1 is 1.42 bits per heavy atom. The number of amides is 1. The summed E-state index contributed by atoms with van der Waals surface area (Å²) in [7, 11) is 0. The zero-order chi connectivity index (χ0) is 13.6. The first-order chi connectivity index (χ1) is 9.08. The number of aliphatic hydroxyl groups excluding tert-OH is 1. The first kappa shape index (κ1) is 12.0. The van der Waals surface area contributed by atoms with Gasteiger partial charge in [-0.2, -0.15) is 4.98 Å². The molecule has 100 valence electrons. The standard InChI is InChI=1S/C12H15N5O2/c1-7-3-8(2)17-12(13-7)14-10(15-17)11(19)16-4-9(5-16)6-18/h3,9,18H,4-6H2,1-2H3. The minimum Gasteiger partial charge on any atom is -0.396 e. The Morgan fingerprint density at radius 3 is 2.84 bits per heavy atom. The van der Waals surface area contributed by atoms with Crippen molar-refractivity contribution in [2.45, 2.75) is 13.8 Å². The molecule has 7 heteroatoms. The Morgan fingerprint density at radius 2 is 2.16 bits per heavy atom. The van der Waals surface area contributed by atoms with Crippen molar-refractivity contribution in [1.82, 2.24) is 24.5 Å². The molecule has 0 unspecified atom stereocenters. The van der Waals surface area contributed by atoms with Crippen molar-refractivity contribution >= 4 is 11.7 Å². The van der Waals surface area contributed by atoms with Gasteiger partial charge in [-0.15, -0.1) is 5.10 Å². The van der Waals surface area contributed by atoms with E-state index in [0.29, 0.717) is 18.9 Å². The third-order valence-electron chi connectivity index (χ3n) is 3.31. The van der Waals surface area contributed by atoms with Crippen molar-refractivity contribution in [3.8, 4) is 0 Å². The van der Waals surface area contributed by atoms with Crippen molar-refractivity contribution in [3.05, 3.63) is 23.3 Å². The van der Waals surface area contributed by atoms with Gasteiger partial charge in [0.1, 0.15) is 0 Å². The van der Waals surface area contributed by atoms with Crippen molar-refractivity contribution in [2.75, 3.05) is 19.7 Å². The van der Waals surface area contributed by atoms with Crippen LogP contribution in [0, 0.1) is 19.8 Å². The van der Waals surface area contributed by atoms with Crippen molar-refractivity contribution in [3.63, 3.8) is 0 Å². The Labute approximate surface area is 109 Å². The molecule has 0 aliphatic carbocycles. The lowest BCUT2D eigenvalue weighted by atomic mass is 10.0. The van der Waals surface area contributed by atoms with Gasteiger partial charge in [0.15, 0.2) is 0 Å². The summed E-state index contributed by atoms with van der Waals surface area (Å²) in [5, 5.41) is 13.2. The van der Waals surface area contributed by atoms with E-state index in [1.807, 2.05) is 19.9 Å². The van der Waals surface area contributed by atoms with Crippen LogP contribution in [0.15, 0.2) is 6.07 Å². The average Bonchev–Trinajstić information content (AvgIpc) is 2.71. The van der Waals surface area contributed by atoms with Crippen molar-refractivity contribution < 1.29 is 9.90 Å². The van der Waals surface area contributed by atoms with Crippen LogP contribution < -0.4 is 0 Å². The van der Waals surface area contributed by atoms with Gasteiger partial charge in [-0.25, -0.2) is 9.50 Å². The van der Waals surface area contributed by atoms with Crippen LogP contribution in [0.25, 0.3) is 5.78 Å². The summed E-state index contributed by atoms with van der Waals surface area (Å²) in [6, 6.07) is 1.89. The molecule has 7 nitrogen and oxygen atoms in total. The highest BCUT2D eigenvalue weighted by molar-refractivity contribution is 5.91. The number of hydrogen-bond donors (Lipinski definition) is 1. The van der Waals surface area contributed by atoms with Crippen molar-refractivity contribution in [2.24, 2.45) is 5.92 Å². The van der Waals surface area contributed by atoms with E-state index in [1.54, 1.807) is 9.42 Å². The van der Waals surface area contributed by atoms with Crippen LogP contribution in [0.2, 0.25) is 0 Å². The first-order valence-electron chi connectivity index (χ1n) is 6.19. The topological polar surface area (TPSA) is 83.6 Å². The minimum atomic E-state index is -0.202. The first-order valence-corrected chi connectivity index (χ1v) is 6.19. The molecule has 0 bridgehead atoms. The molecular weight excluding hydrogens is 246 g/mol. The minimum absolute atomic E-state index is 0.113. The quantitative estimate of drug-likeness (QED) is 0.809. The van der Waals surface area contributed by atoms with Gasteiger partial charge in [0, 0.05) is 37.0 Å². The smallest absolute Gasteiger partial charge is 0.293 e. The summed E-state index contributed by atoms with van der Waals surface area (Å²) in [5.74, 6) is 0.591. The average molecular weight is 261 g/mol. The molecule has 0 spiro atoms. The molecular formula is C12H15N5O2. The van der Waals surface area contributed by atoms with Gasteiger partial charge in [0.2, 0.25) is 5.82 Å². The van der Waals surface area contributed by atoms with Gasteiger partial charge < -0.3 is 10.0 Å². The van der Waals surface area contributed by atoms with E-state index in [9.17, 15) is 4.79 Å². The third kappa shape index (κ3) is 1.95. The molecule has 0 aromatic carbocycles. The normalized spacial score (nSPS) is 15.8. The SMILES string of the molecule is Cc1cc(C)n2nc(C(=O)N3CC(CO)C3)nc2n1. The van der Waals surface area contributed by atoms with E-state index in [4.69, 9.17) is 5.11 Å². The second-order valence-corrected chi connectivity index (χ2v) is 4.94. The highest BCUT2D eigenvalue weighted by Crippen LogP contribution is 2.17. The molecule has 1 fully saturated rings. The monoisotopic (exact) mass is 261 g/mol. The number of carbonyl (C=O) groups excluding carboxylic acids is 1. The Balaban J connectivity index is 1.90. The second kappa shape index (κ2) is 4.27. The zero-order valence-corrected chi connectivity index (χ0v) is 10.9. The molecule has 3 heterocycles. The fourth-order valence-electron chi connectivity index (χ4n) is 2.25. The molecule has 0 radical (unpaired) electrons. The maximum atomic E-state index is 12.1. The maximum Gasteiger partial charge on any atom is 0.293 e. The fourth-order valence-corrected chi connectivity index (χ4v) is 2.25. The largest absolute Gasteiger partial charge is 0.396 e. The van der Waals surface area contributed by atoms with Gasteiger partial charge in [0.25, 0.3) is 11.7 Å². The lowest BCUT2D eigenvalue weighted by molar-refractivity contribution is 0.0351. The summed E-state index contributed by atoms with van der Waals surface area (Å²) in [6.07, 6.45) is 0. The van der Waals surface area contributed by atoms with Gasteiger partial charge in [-0.05, 0) is 19.9 Å². The molecule has 1 N–H and O–H groups in total. The van der Waals surface area contributed by atoms with E-state index in [2.05, 4.69) is 15.1 Å². The van der Waals surface area contributed by atoms with E-state index in [0.717, 1.165) is 11.4 Å². The molecule has 0 saturated carbocycles. The predicted molar refractivity (Wildman–Crippen MR) is 66.7 cm³/mol. The number of nitrogens with zero attached hydrogens (tertiary/aromatic N) is 5. The third-order valence-corrected chi connectivity index (χ3v) is 3.31. The highest BCUT2D eigenvalue weighted by Gasteiger charge is 2.32. The molecule has 2 aromatic heterocycles. The van der Waals surface area contributed by atoms with Gasteiger partial charge >= 0.3 is 0 Å². The predicted octanol–water partition coefficient (Wildman–Crippen LogP) is -0.195. The number of hydrogen-bond acceptors (Lipinski definition) is 5. The molecule has 0 atom stereocenters. The van der Waals surface area contributed by atoms with Gasteiger partial charge in [-0.3, -0.25) is 4.79 Å². The lowest BCUT2D eigenvalue weighted by Gasteiger charge is -2.37. The summed E-state index contributed by atoms with van der Waals surface area (Å²) in [4.78, 5) is 22.2. The summed E-state index contributed by atoms with van der Waals surface area (Å²) in [5.41, 5.74) is 1.74. The maximum absolute atomic E-state index is 12.1. The van der Waals surface area contributed by atoms with E-state index in [1.165, 1.54) is 0 Å². The number of carbonyl (C=O) groups is 1. The number of rotatable bonds is 2. The number of aliphatic hydroxyl groups is 1. The van der Waals surface area contributed by atoms with Crippen molar-refractivity contribution in [1.29, 1.82) is 0 Å².